The second kappa shape index (κ2) is 4.58. The van der Waals surface area contributed by atoms with Crippen molar-refractivity contribution in [3.63, 3.8) is 0 Å². The molecule has 0 bridgehead atoms. The molecular weight excluding hydrogens is 142 g/mol. The van der Waals surface area contributed by atoms with Crippen molar-refractivity contribution in [2.45, 2.75) is 6.92 Å². The van der Waals surface area contributed by atoms with E-state index < -0.39 is 0 Å². The van der Waals surface area contributed by atoms with Crippen LogP contribution in [0.4, 0.5) is 0 Å². The van der Waals surface area contributed by atoms with Crippen molar-refractivity contribution < 1.29 is 9.94 Å². The lowest BCUT2D eigenvalue weighted by Crippen LogP contribution is -2.10. The van der Waals surface area contributed by atoms with Gasteiger partial charge in [-0.05, 0) is 0 Å². The van der Waals surface area contributed by atoms with Gasteiger partial charge in [-0.2, -0.15) is 0 Å². The van der Waals surface area contributed by atoms with Gasteiger partial charge in [0.05, 0.1) is 6.61 Å². The van der Waals surface area contributed by atoms with Gasteiger partial charge in [0.2, 0.25) is 0 Å². The first-order valence-electron chi connectivity index (χ1n) is 2.58. The third-order valence-corrected chi connectivity index (χ3v) is 1.37. The molecule has 9 heavy (non-hydrogen) atoms. The molecule has 0 aliphatic heterocycles. The minimum absolute atomic E-state index is 0.0262. The largest absolute Gasteiger partial charge is 0.410 e. The predicted molar refractivity (Wildman–Crippen MR) is 36.1 cm³/mol. The van der Waals surface area contributed by atoms with Crippen LogP contribution in [-0.4, -0.2) is 24.1 Å². The molecule has 0 aromatic heterocycles. The highest BCUT2D eigenvalue weighted by atomic mass is 35.5. The summed E-state index contributed by atoms with van der Waals surface area (Å²) in [6, 6.07) is 0. The molecule has 0 heterocycles. The Morgan fingerprint density at radius 1 is 1.89 bits per heavy atom. The van der Waals surface area contributed by atoms with Crippen LogP contribution in [-0.2, 0) is 4.74 Å². The Morgan fingerprint density at radius 3 is 2.78 bits per heavy atom. The fraction of sp³-hybridized carbons (Fsp3) is 0.800. The van der Waals surface area contributed by atoms with E-state index in [0.717, 1.165) is 0 Å². The van der Waals surface area contributed by atoms with Gasteiger partial charge in [0.15, 0.2) is 0 Å². The summed E-state index contributed by atoms with van der Waals surface area (Å²) >= 11 is 5.41. The van der Waals surface area contributed by atoms with Crippen LogP contribution < -0.4 is 0 Å². The maximum atomic E-state index is 8.13. The van der Waals surface area contributed by atoms with Gasteiger partial charge >= 0.3 is 0 Å². The molecule has 0 spiro atoms. The summed E-state index contributed by atoms with van der Waals surface area (Å²) in [7, 11) is 1.57. The molecule has 0 aromatic rings. The van der Waals surface area contributed by atoms with Gasteiger partial charge in [-0.15, -0.1) is 0 Å². The molecule has 0 radical (unpaired) electrons. The summed E-state index contributed by atoms with van der Waals surface area (Å²) < 4.78 is 4.75. The van der Waals surface area contributed by atoms with E-state index in [2.05, 4.69) is 5.16 Å². The van der Waals surface area contributed by atoms with Gasteiger partial charge in [-0.25, -0.2) is 0 Å². The van der Waals surface area contributed by atoms with Gasteiger partial charge in [0, 0.05) is 13.0 Å². The lowest BCUT2D eigenvalue weighted by molar-refractivity contribution is 0.180. The fourth-order valence-corrected chi connectivity index (χ4v) is 0.480. The number of ether oxygens (including phenoxy) is 1. The maximum Gasteiger partial charge on any atom is 0.150 e. The zero-order valence-corrected chi connectivity index (χ0v) is 6.22. The van der Waals surface area contributed by atoms with E-state index in [9.17, 15) is 0 Å². The van der Waals surface area contributed by atoms with E-state index in [1.165, 1.54) is 0 Å². The summed E-state index contributed by atoms with van der Waals surface area (Å²) in [6.07, 6.45) is 0. The van der Waals surface area contributed by atoms with Crippen molar-refractivity contribution in [2.75, 3.05) is 13.7 Å². The highest BCUT2D eigenvalue weighted by Crippen LogP contribution is 2.02. The predicted octanol–water partition coefficient (Wildman–Crippen LogP) is 1.30. The first-order chi connectivity index (χ1) is 4.22. The summed E-state index contributed by atoms with van der Waals surface area (Å²) in [5.41, 5.74) is 0. The molecule has 1 atom stereocenters. The first kappa shape index (κ1) is 8.72. The minimum atomic E-state index is -0.0262. The molecule has 1 unspecified atom stereocenters. The Hall–Kier alpha value is -0.280. The summed E-state index contributed by atoms with van der Waals surface area (Å²) in [5, 5.41) is 11.1. The van der Waals surface area contributed by atoms with Crippen LogP contribution in [0, 0.1) is 5.92 Å². The normalized spacial score (nSPS) is 15.7. The van der Waals surface area contributed by atoms with Crippen molar-refractivity contribution in [3.8, 4) is 0 Å². The van der Waals surface area contributed by atoms with E-state index in [0.29, 0.717) is 6.61 Å². The average molecular weight is 152 g/mol. The fourth-order valence-electron chi connectivity index (χ4n) is 0.417. The number of oxime groups is 1. The summed E-state index contributed by atoms with van der Waals surface area (Å²) in [6.45, 7) is 2.29. The number of nitrogens with zero attached hydrogens (tertiary/aromatic N) is 1. The van der Waals surface area contributed by atoms with Gasteiger partial charge in [0.25, 0.3) is 0 Å². The third-order valence-electron chi connectivity index (χ3n) is 0.919. The molecule has 0 aliphatic rings. The van der Waals surface area contributed by atoms with Crippen LogP contribution in [0.3, 0.4) is 0 Å². The summed E-state index contributed by atoms with van der Waals surface area (Å²) in [5.74, 6) is -0.0262. The quantitative estimate of drug-likeness (QED) is 0.375. The zero-order chi connectivity index (χ0) is 7.28. The number of rotatable bonds is 3. The van der Waals surface area contributed by atoms with Gasteiger partial charge in [0.1, 0.15) is 5.17 Å². The third kappa shape index (κ3) is 3.32. The SMILES string of the molecule is COCC(C)C(Cl)=NO. The lowest BCUT2D eigenvalue weighted by atomic mass is 10.2. The van der Waals surface area contributed by atoms with Crippen molar-refractivity contribution in [1.82, 2.24) is 0 Å². The van der Waals surface area contributed by atoms with Crippen LogP contribution in [0.15, 0.2) is 5.16 Å². The number of hydrogen-bond donors (Lipinski definition) is 1. The number of halogens is 1. The molecule has 0 rings (SSSR count). The molecule has 0 saturated carbocycles. The van der Waals surface area contributed by atoms with Crippen molar-refractivity contribution >= 4 is 16.8 Å². The van der Waals surface area contributed by atoms with Crippen LogP contribution in [0.5, 0.6) is 0 Å². The van der Waals surface area contributed by atoms with E-state index in [4.69, 9.17) is 21.5 Å². The maximum absolute atomic E-state index is 8.13. The molecule has 0 saturated heterocycles. The Morgan fingerprint density at radius 2 is 2.44 bits per heavy atom. The Balaban J connectivity index is 3.59. The lowest BCUT2D eigenvalue weighted by Gasteiger charge is -2.04. The molecule has 0 fully saturated rings. The van der Waals surface area contributed by atoms with Crippen LogP contribution in [0.25, 0.3) is 0 Å². The minimum Gasteiger partial charge on any atom is -0.410 e. The van der Waals surface area contributed by atoms with Gasteiger partial charge < -0.3 is 9.94 Å². The second-order valence-corrected chi connectivity index (χ2v) is 2.17. The van der Waals surface area contributed by atoms with E-state index in [1.807, 2.05) is 6.92 Å². The van der Waals surface area contributed by atoms with Crippen LogP contribution in [0.2, 0.25) is 0 Å². The number of methoxy groups -OCH3 is 1. The Bertz CT molecular complexity index is 105. The molecule has 0 aromatic carbocycles. The van der Waals surface area contributed by atoms with Crippen LogP contribution >= 0.6 is 11.6 Å². The zero-order valence-electron chi connectivity index (χ0n) is 5.47. The van der Waals surface area contributed by atoms with Gasteiger partial charge in [-0.1, -0.05) is 23.7 Å². The monoisotopic (exact) mass is 151 g/mol. The molecular formula is C5H10ClNO2. The standard InChI is InChI=1S/C5H10ClNO2/c1-4(3-9-2)5(6)7-8/h4,8H,3H2,1-2H3. The highest BCUT2D eigenvalue weighted by molar-refractivity contribution is 6.65. The molecule has 54 valence electrons. The first-order valence-corrected chi connectivity index (χ1v) is 2.96. The number of hydrogen-bond acceptors (Lipinski definition) is 3. The molecule has 0 amide bonds. The smallest absolute Gasteiger partial charge is 0.150 e. The second-order valence-electron chi connectivity index (χ2n) is 1.78. The van der Waals surface area contributed by atoms with Crippen molar-refractivity contribution in [1.29, 1.82) is 0 Å². The molecule has 4 heteroatoms. The van der Waals surface area contributed by atoms with Crippen molar-refractivity contribution in [2.24, 2.45) is 11.1 Å². The van der Waals surface area contributed by atoms with Crippen LogP contribution in [0.1, 0.15) is 6.92 Å². The molecule has 3 nitrogen and oxygen atoms in total. The Kier molecular flexibility index (Phi) is 4.44. The highest BCUT2D eigenvalue weighted by Gasteiger charge is 2.06. The molecule has 0 aliphatic carbocycles. The van der Waals surface area contributed by atoms with E-state index in [-0.39, 0.29) is 11.1 Å². The molecule has 1 N–H and O–H groups in total. The Labute approximate surface area is 59.3 Å². The van der Waals surface area contributed by atoms with Crippen molar-refractivity contribution in [3.05, 3.63) is 0 Å². The van der Waals surface area contributed by atoms with Gasteiger partial charge in [-0.3, -0.25) is 0 Å². The van der Waals surface area contributed by atoms with E-state index >= 15 is 0 Å². The topological polar surface area (TPSA) is 41.8 Å². The van der Waals surface area contributed by atoms with E-state index in [1.54, 1.807) is 7.11 Å². The average Bonchev–Trinajstić information content (AvgIpc) is 1.87. The summed E-state index contributed by atoms with van der Waals surface area (Å²) in [4.78, 5) is 0.